The van der Waals surface area contributed by atoms with E-state index in [-0.39, 0.29) is 5.41 Å². The molecule has 0 spiro atoms. The van der Waals surface area contributed by atoms with Crippen LogP contribution in [0.5, 0.6) is 0 Å². The predicted octanol–water partition coefficient (Wildman–Crippen LogP) is 2.48. The fourth-order valence-corrected chi connectivity index (χ4v) is 2.48. The molecule has 0 aromatic heterocycles. The molecule has 20 heavy (non-hydrogen) atoms. The fourth-order valence-electron chi connectivity index (χ4n) is 2.48. The van der Waals surface area contributed by atoms with Crippen molar-refractivity contribution in [3.63, 3.8) is 0 Å². The van der Waals surface area contributed by atoms with Crippen LogP contribution in [0, 0.1) is 16.7 Å². The molecule has 4 heteroatoms. The van der Waals surface area contributed by atoms with Gasteiger partial charge in [0.15, 0.2) is 0 Å². The van der Waals surface area contributed by atoms with Crippen LogP contribution in [0.1, 0.15) is 19.4 Å². The fraction of sp³-hybridized carbons (Fsp3) is 0.312. The predicted molar refractivity (Wildman–Crippen MR) is 79.7 cm³/mol. The van der Waals surface area contributed by atoms with Crippen LogP contribution in [0.2, 0.25) is 0 Å². The lowest BCUT2D eigenvalue weighted by Crippen LogP contribution is -2.48. The lowest BCUT2D eigenvalue weighted by molar-refractivity contribution is 0.0343. The van der Waals surface area contributed by atoms with E-state index in [0.717, 1.165) is 16.2 Å². The van der Waals surface area contributed by atoms with Gasteiger partial charge in [0.25, 0.3) is 0 Å². The van der Waals surface area contributed by atoms with Crippen molar-refractivity contribution in [1.29, 1.82) is 5.26 Å². The molecule has 2 aromatic rings. The summed E-state index contributed by atoms with van der Waals surface area (Å²) in [7, 11) is -0.442. The molecule has 2 aromatic carbocycles. The average molecular weight is 265 g/mol. The lowest BCUT2D eigenvalue weighted by Gasteiger charge is -2.33. The second-order valence-corrected chi connectivity index (χ2v) is 5.98. The Kier molecular flexibility index (Phi) is 3.25. The minimum Gasteiger partial charge on any atom is -0.407 e. The molecule has 0 saturated carbocycles. The van der Waals surface area contributed by atoms with Gasteiger partial charge in [-0.05, 0) is 10.8 Å². The number of benzene rings is 2. The third-order valence-electron chi connectivity index (χ3n) is 3.58. The number of fused-ring (bicyclic) bond motifs is 1. The van der Waals surface area contributed by atoms with E-state index in [0.29, 0.717) is 18.8 Å². The van der Waals surface area contributed by atoms with Gasteiger partial charge in [-0.25, -0.2) is 0 Å². The van der Waals surface area contributed by atoms with Crippen molar-refractivity contribution < 1.29 is 9.31 Å². The van der Waals surface area contributed by atoms with Crippen LogP contribution >= 0.6 is 0 Å². The van der Waals surface area contributed by atoms with Crippen molar-refractivity contribution in [2.45, 2.75) is 13.8 Å². The van der Waals surface area contributed by atoms with E-state index in [4.69, 9.17) is 9.31 Å². The summed E-state index contributed by atoms with van der Waals surface area (Å²) in [5, 5.41) is 11.5. The molecule has 100 valence electrons. The minimum absolute atomic E-state index is 0.0279. The molecular weight excluding hydrogens is 249 g/mol. The van der Waals surface area contributed by atoms with E-state index in [1.807, 2.05) is 36.4 Å². The van der Waals surface area contributed by atoms with Crippen LogP contribution in [0.25, 0.3) is 10.8 Å². The van der Waals surface area contributed by atoms with Gasteiger partial charge in [-0.1, -0.05) is 50.2 Å². The van der Waals surface area contributed by atoms with Gasteiger partial charge in [-0.2, -0.15) is 5.26 Å². The molecule has 0 bridgehead atoms. The van der Waals surface area contributed by atoms with E-state index in [1.54, 1.807) is 0 Å². The van der Waals surface area contributed by atoms with E-state index >= 15 is 0 Å². The van der Waals surface area contributed by atoms with Crippen LogP contribution in [0.15, 0.2) is 36.4 Å². The van der Waals surface area contributed by atoms with Gasteiger partial charge >= 0.3 is 7.12 Å². The summed E-state index contributed by atoms with van der Waals surface area (Å²) in [6.07, 6.45) is 0. The number of hydrogen-bond donors (Lipinski definition) is 0. The summed E-state index contributed by atoms with van der Waals surface area (Å²) < 4.78 is 11.6. The standard InChI is InChI=1S/C16H16BNO2/c1-16(2)10-19-17(20-11-16)15-8-7-12-5-3-4-6-13(12)14(15)9-18/h3-8H,10-11H2,1-2H3. The zero-order chi connectivity index (χ0) is 14.2. The Balaban J connectivity index is 2.02. The highest BCUT2D eigenvalue weighted by Gasteiger charge is 2.35. The Hall–Kier alpha value is -1.83. The van der Waals surface area contributed by atoms with Gasteiger partial charge in [0.1, 0.15) is 0 Å². The van der Waals surface area contributed by atoms with E-state index in [9.17, 15) is 5.26 Å². The monoisotopic (exact) mass is 265 g/mol. The molecule has 0 N–H and O–H groups in total. The van der Waals surface area contributed by atoms with Crippen LogP contribution in [-0.4, -0.2) is 20.3 Å². The van der Waals surface area contributed by atoms with Gasteiger partial charge in [0.05, 0.1) is 11.6 Å². The van der Waals surface area contributed by atoms with Crippen molar-refractivity contribution in [3.8, 4) is 6.07 Å². The Morgan fingerprint density at radius 1 is 1.10 bits per heavy atom. The summed E-state index contributed by atoms with van der Waals surface area (Å²) in [6.45, 7) is 5.48. The highest BCUT2D eigenvalue weighted by atomic mass is 16.6. The van der Waals surface area contributed by atoms with Crippen molar-refractivity contribution in [2.75, 3.05) is 13.2 Å². The van der Waals surface area contributed by atoms with Crippen LogP contribution in [0.3, 0.4) is 0 Å². The van der Waals surface area contributed by atoms with Gasteiger partial charge in [0, 0.05) is 24.1 Å². The first kappa shape index (κ1) is 13.2. The molecule has 1 fully saturated rings. The summed E-state index contributed by atoms with van der Waals surface area (Å²) >= 11 is 0. The van der Waals surface area contributed by atoms with E-state index in [2.05, 4.69) is 19.9 Å². The maximum atomic E-state index is 9.49. The maximum Gasteiger partial charge on any atom is 0.495 e. The van der Waals surface area contributed by atoms with Gasteiger partial charge < -0.3 is 9.31 Å². The van der Waals surface area contributed by atoms with Crippen LogP contribution < -0.4 is 5.46 Å². The van der Waals surface area contributed by atoms with Crippen molar-refractivity contribution in [2.24, 2.45) is 5.41 Å². The molecule has 0 amide bonds. The first-order valence-electron chi connectivity index (χ1n) is 6.76. The van der Waals surface area contributed by atoms with Crippen LogP contribution in [0.4, 0.5) is 0 Å². The summed E-state index contributed by atoms with van der Waals surface area (Å²) in [5.74, 6) is 0. The molecule has 3 rings (SSSR count). The van der Waals surface area contributed by atoms with Crippen molar-refractivity contribution >= 4 is 23.4 Å². The Bertz CT molecular complexity index is 680. The zero-order valence-electron chi connectivity index (χ0n) is 11.7. The van der Waals surface area contributed by atoms with Crippen molar-refractivity contribution in [3.05, 3.63) is 42.0 Å². The topological polar surface area (TPSA) is 42.2 Å². The zero-order valence-corrected chi connectivity index (χ0v) is 11.7. The minimum atomic E-state index is -0.442. The van der Waals surface area contributed by atoms with E-state index < -0.39 is 7.12 Å². The molecule has 1 aliphatic heterocycles. The van der Waals surface area contributed by atoms with Gasteiger partial charge in [-0.3, -0.25) is 0 Å². The molecule has 1 heterocycles. The highest BCUT2D eigenvalue weighted by Crippen LogP contribution is 2.23. The third-order valence-corrected chi connectivity index (χ3v) is 3.58. The molecule has 0 atom stereocenters. The molecule has 1 aliphatic rings. The summed E-state index contributed by atoms with van der Waals surface area (Å²) in [5.41, 5.74) is 1.50. The first-order chi connectivity index (χ1) is 9.61. The van der Waals surface area contributed by atoms with Crippen LogP contribution in [-0.2, 0) is 9.31 Å². The van der Waals surface area contributed by atoms with Crippen molar-refractivity contribution in [1.82, 2.24) is 0 Å². The summed E-state index contributed by atoms with van der Waals surface area (Å²) in [4.78, 5) is 0. The molecule has 1 saturated heterocycles. The number of rotatable bonds is 1. The SMILES string of the molecule is CC1(C)COB(c2ccc3ccccc3c2C#N)OC1. The summed E-state index contributed by atoms with van der Waals surface area (Å²) in [6, 6.07) is 14.1. The van der Waals surface area contributed by atoms with Gasteiger partial charge in [0.2, 0.25) is 0 Å². The Morgan fingerprint density at radius 3 is 2.50 bits per heavy atom. The third kappa shape index (κ3) is 2.31. The maximum absolute atomic E-state index is 9.49. The highest BCUT2D eigenvalue weighted by molar-refractivity contribution is 6.62. The lowest BCUT2D eigenvalue weighted by atomic mass is 9.72. The Labute approximate surface area is 119 Å². The first-order valence-corrected chi connectivity index (χ1v) is 6.76. The normalized spacial score (nSPS) is 17.9. The van der Waals surface area contributed by atoms with E-state index in [1.165, 1.54) is 0 Å². The smallest absolute Gasteiger partial charge is 0.407 e. The molecule has 0 aliphatic carbocycles. The second kappa shape index (κ2) is 4.94. The molecule has 3 nitrogen and oxygen atoms in total. The second-order valence-electron chi connectivity index (χ2n) is 5.98. The Morgan fingerprint density at radius 2 is 1.80 bits per heavy atom. The largest absolute Gasteiger partial charge is 0.495 e. The molecule has 0 radical (unpaired) electrons. The quantitative estimate of drug-likeness (QED) is 0.744. The molecular formula is C16H16BNO2. The molecule has 0 unspecified atom stereocenters. The number of hydrogen-bond acceptors (Lipinski definition) is 3. The average Bonchev–Trinajstić information content (AvgIpc) is 2.46. The van der Waals surface area contributed by atoms with Gasteiger partial charge in [-0.15, -0.1) is 0 Å². The number of nitriles is 1. The number of nitrogens with zero attached hydrogens (tertiary/aromatic N) is 1.